The standard InChI is InChI=1S/C27H27N3O4/c31-27(28-19-22-7-4-8-23(16-22)20-29-12-14-34-15-13-29)26(24-9-2-1-3-10-24)18-21-6-5-11-25(17-21)30(32)33/h1-11,16-18H,12-15,19-20H2,(H,28,31)/b26-18+. The topological polar surface area (TPSA) is 84.7 Å². The van der Waals surface area contributed by atoms with Crippen LogP contribution >= 0.6 is 0 Å². The molecule has 1 aliphatic heterocycles. The number of nitro benzene ring substituents is 1. The lowest BCUT2D eigenvalue weighted by Gasteiger charge is -2.26. The van der Waals surface area contributed by atoms with Crippen LogP contribution in [0.2, 0.25) is 0 Å². The lowest BCUT2D eigenvalue weighted by Crippen LogP contribution is -2.35. The van der Waals surface area contributed by atoms with E-state index in [0.29, 0.717) is 17.7 Å². The highest BCUT2D eigenvalue weighted by atomic mass is 16.6. The van der Waals surface area contributed by atoms with Gasteiger partial charge in [-0.2, -0.15) is 0 Å². The second kappa shape index (κ2) is 11.4. The number of nitrogens with zero attached hydrogens (tertiary/aromatic N) is 2. The van der Waals surface area contributed by atoms with Gasteiger partial charge in [0.15, 0.2) is 0 Å². The first-order valence-corrected chi connectivity index (χ1v) is 11.3. The predicted molar refractivity (Wildman–Crippen MR) is 132 cm³/mol. The molecule has 1 fully saturated rings. The second-order valence-electron chi connectivity index (χ2n) is 8.17. The monoisotopic (exact) mass is 457 g/mol. The molecule has 4 rings (SSSR count). The Kier molecular flexibility index (Phi) is 7.80. The van der Waals surface area contributed by atoms with Crippen LogP contribution in [0.4, 0.5) is 5.69 Å². The number of carbonyl (C=O) groups is 1. The normalized spacial score (nSPS) is 14.5. The van der Waals surface area contributed by atoms with Crippen molar-refractivity contribution in [3.8, 4) is 0 Å². The first kappa shape index (κ1) is 23.4. The molecular weight excluding hydrogens is 430 g/mol. The fourth-order valence-corrected chi connectivity index (χ4v) is 3.93. The van der Waals surface area contributed by atoms with Crippen LogP contribution < -0.4 is 5.32 Å². The third kappa shape index (κ3) is 6.37. The number of ether oxygens (including phenoxy) is 1. The van der Waals surface area contributed by atoms with E-state index in [1.165, 1.54) is 17.7 Å². The molecule has 0 bridgehead atoms. The van der Waals surface area contributed by atoms with E-state index in [2.05, 4.69) is 22.3 Å². The number of morpholine rings is 1. The fourth-order valence-electron chi connectivity index (χ4n) is 3.93. The summed E-state index contributed by atoms with van der Waals surface area (Å²) in [5, 5.41) is 14.2. The molecule has 0 spiro atoms. The number of amides is 1. The number of nitrogens with one attached hydrogen (secondary N) is 1. The van der Waals surface area contributed by atoms with Gasteiger partial charge in [-0.15, -0.1) is 0 Å². The van der Waals surface area contributed by atoms with Crippen LogP contribution in [0.1, 0.15) is 22.3 Å². The molecule has 1 heterocycles. The zero-order valence-electron chi connectivity index (χ0n) is 18.9. The minimum Gasteiger partial charge on any atom is -0.379 e. The third-order valence-corrected chi connectivity index (χ3v) is 5.68. The maximum absolute atomic E-state index is 13.2. The molecule has 34 heavy (non-hydrogen) atoms. The molecule has 3 aromatic carbocycles. The third-order valence-electron chi connectivity index (χ3n) is 5.68. The van der Waals surface area contributed by atoms with Crippen molar-refractivity contribution in [2.24, 2.45) is 0 Å². The molecule has 0 unspecified atom stereocenters. The Bertz CT molecular complexity index is 1170. The summed E-state index contributed by atoms with van der Waals surface area (Å²) < 4.78 is 5.42. The lowest BCUT2D eigenvalue weighted by atomic mass is 10.0. The van der Waals surface area contributed by atoms with E-state index in [1.54, 1.807) is 18.2 Å². The lowest BCUT2D eigenvalue weighted by molar-refractivity contribution is -0.384. The summed E-state index contributed by atoms with van der Waals surface area (Å²) >= 11 is 0. The predicted octanol–water partition coefficient (Wildman–Crippen LogP) is 4.28. The van der Waals surface area contributed by atoms with Gasteiger partial charge in [-0.05, 0) is 28.3 Å². The number of carbonyl (C=O) groups excluding carboxylic acids is 1. The molecular formula is C27H27N3O4. The molecule has 0 atom stereocenters. The van der Waals surface area contributed by atoms with E-state index in [9.17, 15) is 14.9 Å². The Morgan fingerprint density at radius 1 is 0.971 bits per heavy atom. The van der Waals surface area contributed by atoms with Gasteiger partial charge in [0.25, 0.3) is 11.6 Å². The van der Waals surface area contributed by atoms with Crippen LogP contribution in [0.15, 0.2) is 78.9 Å². The Hall–Kier alpha value is -3.81. The highest BCUT2D eigenvalue weighted by molar-refractivity contribution is 6.24. The molecule has 1 aliphatic rings. The van der Waals surface area contributed by atoms with Crippen LogP contribution in [0.3, 0.4) is 0 Å². The maximum atomic E-state index is 13.2. The van der Waals surface area contributed by atoms with E-state index in [1.807, 2.05) is 42.5 Å². The number of nitro groups is 1. The largest absolute Gasteiger partial charge is 0.379 e. The summed E-state index contributed by atoms with van der Waals surface area (Å²) in [5.41, 5.74) is 3.98. The van der Waals surface area contributed by atoms with Crippen LogP contribution in [0.5, 0.6) is 0 Å². The Morgan fingerprint density at radius 3 is 2.47 bits per heavy atom. The average molecular weight is 458 g/mol. The van der Waals surface area contributed by atoms with Gasteiger partial charge in [-0.25, -0.2) is 0 Å². The molecule has 7 heteroatoms. The molecule has 3 aromatic rings. The van der Waals surface area contributed by atoms with Crippen molar-refractivity contribution >= 4 is 23.2 Å². The first-order valence-electron chi connectivity index (χ1n) is 11.3. The molecule has 1 saturated heterocycles. The maximum Gasteiger partial charge on any atom is 0.270 e. The zero-order chi connectivity index (χ0) is 23.8. The van der Waals surface area contributed by atoms with Crippen molar-refractivity contribution < 1.29 is 14.5 Å². The van der Waals surface area contributed by atoms with Gasteiger partial charge in [0.2, 0.25) is 0 Å². The first-order chi connectivity index (χ1) is 16.6. The van der Waals surface area contributed by atoms with Crippen molar-refractivity contribution in [1.29, 1.82) is 0 Å². The highest BCUT2D eigenvalue weighted by Gasteiger charge is 2.14. The average Bonchev–Trinajstić information content (AvgIpc) is 2.87. The highest BCUT2D eigenvalue weighted by Crippen LogP contribution is 2.21. The summed E-state index contributed by atoms with van der Waals surface area (Å²) in [4.78, 5) is 26.3. The van der Waals surface area contributed by atoms with Gasteiger partial charge in [-0.3, -0.25) is 19.8 Å². The van der Waals surface area contributed by atoms with Crippen molar-refractivity contribution in [3.63, 3.8) is 0 Å². The van der Waals surface area contributed by atoms with Gasteiger partial charge in [0, 0.05) is 43.9 Å². The molecule has 1 amide bonds. The minimum atomic E-state index is -0.441. The van der Waals surface area contributed by atoms with Crippen molar-refractivity contribution in [2.45, 2.75) is 13.1 Å². The number of benzene rings is 3. The Balaban J connectivity index is 1.50. The van der Waals surface area contributed by atoms with Gasteiger partial charge in [0.1, 0.15) is 0 Å². The molecule has 0 saturated carbocycles. The van der Waals surface area contributed by atoms with Gasteiger partial charge in [0.05, 0.1) is 18.1 Å². The summed E-state index contributed by atoms with van der Waals surface area (Å²) in [5.74, 6) is -0.240. The molecule has 174 valence electrons. The Morgan fingerprint density at radius 2 is 1.71 bits per heavy atom. The van der Waals surface area contributed by atoms with E-state index in [-0.39, 0.29) is 11.6 Å². The number of non-ortho nitro benzene ring substituents is 1. The molecule has 0 aliphatic carbocycles. The zero-order valence-corrected chi connectivity index (χ0v) is 18.9. The van der Waals surface area contributed by atoms with E-state index in [0.717, 1.165) is 44.0 Å². The fraction of sp³-hybridized carbons (Fsp3) is 0.222. The van der Waals surface area contributed by atoms with E-state index >= 15 is 0 Å². The Labute approximate surface area is 198 Å². The summed E-state index contributed by atoms with van der Waals surface area (Å²) in [6.07, 6.45) is 1.69. The SMILES string of the molecule is O=C(NCc1cccc(CN2CCOCC2)c1)/C(=C/c1cccc([N+](=O)[O-])c1)c1ccccc1. The van der Waals surface area contributed by atoms with Gasteiger partial charge >= 0.3 is 0 Å². The van der Waals surface area contributed by atoms with Crippen LogP contribution in [0.25, 0.3) is 11.6 Å². The molecule has 0 aromatic heterocycles. The number of rotatable bonds is 8. The second-order valence-corrected chi connectivity index (χ2v) is 8.17. The van der Waals surface area contributed by atoms with Crippen molar-refractivity contribution in [2.75, 3.05) is 26.3 Å². The van der Waals surface area contributed by atoms with Gasteiger partial charge < -0.3 is 10.1 Å². The van der Waals surface area contributed by atoms with Gasteiger partial charge in [-0.1, -0.05) is 66.7 Å². The summed E-state index contributed by atoms with van der Waals surface area (Å²) in [6.45, 7) is 4.60. The van der Waals surface area contributed by atoms with Crippen molar-refractivity contribution in [1.82, 2.24) is 10.2 Å². The summed E-state index contributed by atoms with van der Waals surface area (Å²) in [7, 11) is 0. The van der Waals surface area contributed by atoms with Crippen LogP contribution in [-0.4, -0.2) is 42.0 Å². The minimum absolute atomic E-state index is 0.0151. The molecule has 7 nitrogen and oxygen atoms in total. The van der Waals surface area contributed by atoms with E-state index in [4.69, 9.17) is 4.74 Å². The smallest absolute Gasteiger partial charge is 0.270 e. The van der Waals surface area contributed by atoms with Crippen molar-refractivity contribution in [3.05, 3.63) is 111 Å². The number of hydrogen-bond acceptors (Lipinski definition) is 5. The van der Waals surface area contributed by atoms with E-state index < -0.39 is 4.92 Å². The van der Waals surface area contributed by atoms with Crippen LogP contribution in [-0.2, 0) is 22.6 Å². The summed E-state index contributed by atoms with van der Waals surface area (Å²) in [6, 6.07) is 23.8. The molecule has 0 radical (unpaired) electrons. The molecule has 1 N–H and O–H groups in total. The number of hydrogen-bond donors (Lipinski definition) is 1. The van der Waals surface area contributed by atoms with Crippen LogP contribution in [0, 0.1) is 10.1 Å². The quantitative estimate of drug-likeness (QED) is 0.236.